The number of halogens is 3. The first kappa shape index (κ1) is 24.9. The maximum atomic E-state index is 13.6. The Morgan fingerprint density at radius 3 is 2.53 bits per heavy atom. The molecular formula is C23H22F3N7O3. The standard InChI is InChI=1S/C23H22F3N7O3/c1-31-20-16-8-13(4-7-18(16)30-21(27)17(20)10-29-31)22(35)33(32(2)19(34)12-36-3)11-15-6-5-14(9-28-15)23(24,25)26/h4-10H,11-12H2,1-3H3,(H2,27,30). The van der Waals surface area contributed by atoms with E-state index in [2.05, 4.69) is 15.1 Å². The predicted octanol–water partition coefficient (Wildman–Crippen LogP) is 2.78. The fourth-order valence-electron chi connectivity index (χ4n) is 3.74. The lowest BCUT2D eigenvalue weighted by Gasteiger charge is -2.31. The summed E-state index contributed by atoms with van der Waals surface area (Å²) in [4.78, 5) is 34.3. The van der Waals surface area contributed by atoms with Crippen LogP contribution >= 0.6 is 0 Å². The van der Waals surface area contributed by atoms with E-state index in [1.54, 1.807) is 30.1 Å². The van der Waals surface area contributed by atoms with Crippen LogP contribution in [0.4, 0.5) is 19.0 Å². The number of nitrogens with two attached hydrogens (primary N) is 1. The number of hydrazine groups is 1. The number of hydrogen-bond donors (Lipinski definition) is 1. The molecule has 0 atom stereocenters. The normalized spacial score (nSPS) is 11.7. The first-order valence-electron chi connectivity index (χ1n) is 10.6. The number of likely N-dealkylation sites (N-methyl/N-ethyl adjacent to an activating group) is 1. The van der Waals surface area contributed by atoms with Crippen molar-refractivity contribution in [3.63, 3.8) is 0 Å². The fraction of sp³-hybridized carbons (Fsp3) is 0.261. The minimum Gasteiger partial charge on any atom is -0.383 e. The number of carbonyl (C=O) groups excluding carboxylic acids is 2. The van der Waals surface area contributed by atoms with Crippen molar-refractivity contribution in [3.8, 4) is 0 Å². The summed E-state index contributed by atoms with van der Waals surface area (Å²) < 4.78 is 45.3. The summed E-state index contributed by atoms with van der Waals surface area (Å²) in [6.07, 6.45) is -2.29. The van der Waals surface area contributed by atoms with Crippen LogP contribution in [0.5, 0.6) is 0 Å². The Morgan fingerprint density at radius 2 is 1.89 bits per heavy atom. The molecule has 0 unspecified atom stereocenters. The molecular weight excluding hydrogens is 479 g/mol. The van der Waals surface area contributed by atoms with E-state index in [9.17, 15) is 22.8 Å². The smallest absolute Gasteiger partial charge is 0.383 e. The number of nitrogens with zero attached hydrogens (tertiary/aromatic N) is 6. The lowest BCUT2D eigenvalue weighted by molar-refractivity contribution is -0.146. The second-order valence-electron chi connectivity index (χ2n) is 8.01. The van der Waals surface area contributed by atoms with Gasteiger partial charge in [0.15, 0.2) is 0 Å². The van der Waals surface area contributed by atoms with Crippen LogP contribution in [0.2, 0.25) is 0 Å². The van der Waals surface area contributed by atoms with Crippen molar-refractivity contribution in [2.45, 2.75) is 12.7 Å². The summed E-state index contributed by atoms with van der Waals surface area (Å²) in [5.74, 6) is -0.829. The lowest BCUT2D eigenvalue weighted by Crippen LogP contribution is -2.48. The minimum absolute atomic E-state index is 0.151. The van der Waals surface area contributed by atoms with Gasteiger partial charge in [-0.1, -0.05) is 0 Å². The summed E-state index contributed by atoms with van der Waals surface area (Å²) in [6.45, 7) is -0.570. The average molecular weight is 501 g/mol. The van der Waals surface area contributed by atoms with Gasteiger partial charge in [0.05, 0.1) is 40.4 Å². The molecule has 0 aliphatic heterocycles. The number of rotatable bonds is 5. The average Bonchev–Trinajstić information content (AvgIpc) is 3.24. The number of aryl methyl sites for hydroxylation is 1. The first-order chi connectivity index (χ1) is 17.0. The molecule has 0 bridgehead atoms. The molecule has 1 aromatic carbocycles. The van der Waals surface area contributed by atoms with Gasteiger partial charge in [0.2, 0.25) is 0 Å². The summed E-state index contributed by atoms with van der Waals surface area (Å²) in [6, 6.07) is 6.78. The van der Waals surface area contributed by atoms with Gasteiger partial charge in [-0.15, -0.1) is 0 Å². The molecule has 0 saturated carbocycles. The number of benzene rings is 1. The monoisotopic (exact) mass is 501 g/mol. The Bertz CT molecular complexity index is 1450. The van der Waals surface area contributed by atoms with Gasteiger partial charge in [0.1, 0.15) is 12.4 Å². The van der Waals surface area contributed by atoms with E-state index < -0.39 is 23.6 Å². The molecule has 0 aliphatic rings. The topological polar surface area (TPSA) is 119 Å². The van der Waals surface area contributed by atoms with Crippen molar-refractivity contribution in [3.05, 3.63) is 59.5 Å². The van der Waals surface area contributed by atoms with Crippen LogP contribution in [0.15, 0.2) is 42.7 Å². The number of hydrogen-bond acceptors (Lipinski definition) is 7. The molecule has 0 fully saturated rings. The molecule has 10 nitrogen and oxygen atoms in total. The highest BCUT2D eigenvalue weighted by molar-refractivity contribution is 6.10. The number of aromatic nitrogens is 4. The van der Waals surface area contributed by atoms with Gasteiger partial charge in [-0.05, 0) is 30.3 Å². The van der Waals surface area contributed by atoms with E-state index in [4.69, 9.17) is 10.5 Å². The Labute approximate surface area is 203 Å². The number of pyridine rings is 2. The maximum Gasteiger partial charge on any atom is 0.417 e. The van der Waals surface area contributed by atoms with Crippen molar-refractivity contribution < 1.29 is 27.5 Å². The van der Waals surface area contributed by atoms with E-state index in [1.165, 1.54) is 20.2 Å². The van der Waals surface area contributed by atoms with Crippen LogP contribution in [-0.4, -0.2) is 62.3 Å². The van der Waals surface area contributed by atoms with E-state index in [0.29, 0.717) is 33.8 Å². The lowest BCUT2D eigenvalue weighted by atomic mass is 10.1. The van der Waals surface area contributed by atoms with Crippen molar-refractivity contribution in [1.29, 1.82) is 0 Å². The number of ether oxygens (including phenoxy) is 1. The summed E-state index contributed by atoms with van der Waals surface area (Å²) in [5.41, 5.74) is 6.69. The van der Waals surface area contributed by atoms with Gasteiger partial charge >= 0.3 is 6.18 Å². The van der Waals surface area contributed by atoms with Gasteiger partial charge < -0.3 is 10.5 Å². The second kappa shape index (κ2) is 9.41. The molecule has 0 saturated heterocycles. The van der Waals surface area contributed by atoms with Gasteiger partial charge in [0, 0.05) is 38.4 Å². The quantitative estimate of drug-likeness (QED) is 0.418. The highest BCUT2D eigenvalue weighted by Gasteiger charge is 2.31. The van der Waals surface area contributed by atoms with Crippen LogP contribution in [0.3, 0.4) is 0 Å². The number of amides is 2. The van der Waals surface area contributed by atoms with Crippen LogP contribution < -0.4 is 5.73 Å². The Hall–Kier alpha value is -4.26. The van der Waals surface area contributed by atoms with Crippen molar-refractivity contribution in [2.75, 3.05) is 26.5 Å². The summed E-state index contributed by atoms with van der Waals surface area (Å²) >= 11 is 0. The highest BCUT2D eigenvalue weighted by Crippen LogP contribution is 2.30. The molecule has 36 heavy (non-hydrogen) atoms. The van der Waals surface area contributed by atoms with Crippen LogP contribution in [0, 0.1) is 0 Å². The van der Waals surface area contributed by atoms with E-state index in [-0.39, 0.29) is 24.4 Å². The van der Waals surface area contributed by atoms with Gasteiger partial charge in [-0.3, -0.25) is 24.3 Å². The largest absolute Gasteiger partial charge is 0.417 e. The van der Waals surface area contributed by atoms with E-state index >= 15 is 0 Å². The molecule has 3 aromatic heterocycles. The van der Waals surface area contributed by atoms with Gasteiger partial charge in [-0.25, -0.2) is 9.99 Å². The maximum absolute atomic E-state index is 13.6. The predicted molar refractivity (Wildman–Crippen MR) is 124 cm³/mol. The number of alkyl halides is 3. The fourth-order valence-corrected chi connectivity index (χ4v) is 3.74. The molecule has 2 N–H and O–H groups in total. The Morgan fingerprint density at radius 1 is 1.14 bits per heavy atom. The number of carbonyl (C=O) groups is 2. The van der Waals surface area contributed by atoms with Gasteiger partial charge in [0.25, 0.3) is 11.8 Å². The summed E-state index contributed by atoms with van der Waals surface area (Å²) in [5, 5.41) is 7.59. The highest BCUT2D eigenvalue weighted by atomic mass is 19.4. The van der Waals surface area contributed by atoms with Crippen LogP contribution in [0.25, 0.3) is 21.8 Å². The van der Waals surface area contributed by atoms with Crippen LogP contribution in [0.1, 0.15) is 21.6 Å². The van der Waals surface area contributed by atoms with Crippen molar-refractivity contribution >= 4 is 39.4 Å². The minimum atomic E-state index is -4.55. The molecule has 2 amide bonds. The molecule has 4 aromatic rings. The molecule has 0 aliphatic carbocycles. The zero-order chi connectivity index (χ0) is 26.2. The Balaban J connectivity index is 1.75. The molecule has 3 heterocycles. The molecule has 4 rings (SSSR count). The third-order valence-electron chi connectivity index (χ3n) is 5.64. The second-order valence-corrected chi connectivity index (χ2v) is 8.01. The van der Waals surface area contributed by atoms with Crippen LogP contribution in [-0.2, 0) is 29.3 Å². The molecule has 0 spiro atoms. The summed E-state index contributed by atoms with van der Waals surface area (Å²) in [7, 11) is 4.43. The number of nitrogen functional groups attached to an aromatic ring is 1. The molecule has 13 heteroatoms. The number of anilines is 1. The van der Waals surface area contributed by atoms with E-state index in [1.807, 2.05) is 0 Å². The van der Waals surface area contributed by atoms with Crippen molar-refractivity contribution in [1.82, 2.24) is 29.8 Å². The SMILES string of the molecule is COCC(=O)N(C)N(Cc1ccc(C(F)(F)F)cn1)C(=O)c1ccc2nc(N)c3cnn(C)c3c2c1. The van der Waals surface area contributed by atoms with Crippen molar-refractivity contribution in [2.24, 2.45) is 7.05 Å². The van der Waals surface area contributed by atoms with E-state index in [0.717, 1.165) is 22.2 Å². The van der Waals surface area contributed by atoms with Gasteiger partial charge in [-0.2, -0.15) is 18.3 Å². The molecule has 188 valence electrons. The third kappa shape index (κ3) is 4.64. The molecule has 0 radical (unpaired) electrons. The Kier molecular flexibility index (Phi) is 6.50. The number of fused-ring (bicyclic) bond motifs is 3. The third-order valence-corrected chi connectivity index (χ3v) is 5.64. The zero-order valence-corrected chi connectivity index (χ0v) is 19.6. The zero-order valence-electron chi connectivity index (χ0n) is 19.6. The number of methoxy groups -OCH3 is 1. The first-order valence-corrected chi connectivity index (χ1v) is 10.6.